The Bertz CT molecular complexity index is 703. The zero-order valence-corrected chi connectivity index (χ0v) is 13.6. The number of benzene rings is 1. The number of aromatic nitrogens is 1. The van der Waals surface area contributed by atoms with Gasteiger partial charge >= 0.3 is 0 Å². The van der Waals surface area contributed by atoms with Gasteiger partial charge < -0.3 is 14.8 Å². The van der Waals surface area contributed by atoms with Gasteiger partial charge in [-0.2, -0.15) is 0 Å². The van der Waals surface area contributed by atoms with E-state index in [1.807, 2.05) is 13.8 Å². The van der Waals surface area contributed by atoms with E-state index in [4.69, 9.17) is 9.52 Å². The Hall–Kier alpha value is -2.28. The van der Waals surface area contributed by atoms with Gasteiger partial charge in [0.15, 0.2) is 11.7 Å². The van der Waals surface area contributed by atoms with Crippen molar-refractivity contribution >= 4 is 5.91 Å². The average Bonchev–Trinajstić information content (AvgIpc) is 3.00. The van der Waals surface area contributed by atoms with Crippen molar-refractivity contribution in [1.29, 1.82) is 0 Å². The zero-order valence-electron chi connectivity index (χ0n) is 13.6. The first-order valence-electron chi connectivity index (χ1n) is 7.71. The smallest absolute Gasteiger partial charge is 0.220 e. The van der Waals surface area contributed by atoms with Crippen molar-refractivity contribution in [2.75, 3.05) is 6.61 Å². The summed E-state index contributed by atoms with van der Waals surface area (Å²) in [4.78, 5) is 15.9. The number of carbonyl (C=O) groups excluding carboxylic acids is 1. The Kier molecular flexibility index (Phi) is 6.03. The van der Waals surface area contributed by atoms with Crippen LogP contribution in [-0.4, -0.2) is 28.6 Å². The second kappa shape index (κ2) is 8.01. The van der Waals surface area contributed by atoms with Crippen LogP contribution in [0.4, 0.5) is 8.78 Å². The Morgan fingerprint density at radius 2 is 2.12 bits per heavy atom. The quantitative estimate of drug-likeness (QED) is 0.814. The van der Waals surface area contributed by atoms with Crippen LogP contribution in [0.1, 0.15) is 26.2 Å². The lowest BCUT2D eigenvalue weighted by atomic mass is 10.1. The summed E-state index contributed by atoms with van der Waals surface area (Å²) in [6.45, 7) is 3.65. The maximum atomic E-state index is 13.7. The number of halogens is 2. The van der Waals surface area contributed by atoms with Gasteiger partial charge in [0.2, 0.25) is 5.91 Å². The molecule has 0 aliphatic rings. The van der Waals surface area contributed by atoms with Crippen molar-refractivity contribution in [3.63, 3.8) is 0 Å². The highest BCUT2D eigenvalue weighted by Gasteiger charge is 2.16. The minimum atomic E-state index is -0.734. The van der Waals surface area contributed by atoms with Gasteiger partial charge in [-0.1, -0.05) is 6.92 Å². The molecule has 1 aromatic heterocycles. The van der Waals surface area contributed by atoms with Crippen LogP contribution in [0.25, 0.3) is 11.3 Å². The summed E-state index contributed by atoms with van der Waals surface area (Å²) >= 11 is 0. The summed E-state index contributed by atoms with van der Waals surface area (Å²) in [6.07, 6.45) is 1.77. The van der Waals surface area contributed by atoms with Crippen molar-refractivity contribution < 1.29 is 23.1 Å². The molecule has 2 rings (SSSR count). The molecule has 0 radical (unpaired) electrons. The molecule has 0 fully saturated rings. The molecule has 0 aliphatic carbocycles. The predicted octanol–water partition coefficient (Wildman–Crippen LogP) is 2.69. The first-order chi connectivity index (χ1) is 11.4. The first kappa shape index (κ1) is 18.1. The number of carbonyl (C=O) groups is 1. The number of hydrogen-bond acceptors (Lipinski definition) is 4. The molecule has 1 heterocycles. The number of nitrogens with zero attached hydrogens (tertiary/aromatic N) is 1. The molecule has 1 aromatic carbocycles. The van der Waals surface area contributed by atoms with E-state index >= 15 is 0 Å². The van der Waals surface area contributed by atoms with Crippen molar-refractivity contribution in [2.24, 2.45) is 5.92 Å². The van der Waals surface area contributed by atoms with Crippen LogP contribution in [0.2, 0.25) is 0 Å². The molecule has 5 nitrogen and oxygen atoms in total. The molecular formula is C17H20F2N2O3. The number of hydrogen-bond donors (Lipinski definition) is 2. The van der Waals surface area contributed by atoms with E-state index in [1.54, 1.807) is 0 Å². The largest absolute Gasteiger partial charge is 0.441 e. The summed E-state index contributed by atoms with van der Waals surface area (Å²) in [5.41, 5.74) is 0.116. The highest BCUT2D eigenvalue weighted by Crippen LogP contribution is 2.24. The summed E-state index contributed by atoms with van der Waals surface area (Å²) < 4.78 is 32.0. The third-order valence-electron chi connectivity index (χ3n) is 3.85. The topological polar surface area (TPSA) is 75.4 Å². The Labute approximate surface area is 138 Å². The SMILES string of the molecule is CC(CO)C(C)NC(=O)CCc1ncc(-c2ccc(F)cc2F)o1. The van der Waals surface area contributed by atoms with Gasteiger partial charge in [-0.3, -0.25) is 4.79 Å². The summed E-state index contributed by atoms with van der Waals surface area (Å²) in [5, 5.41) is 11.8. The summed E-state index contributed by atoms with van der Waals surface area (Å²) in [5.74, 6) is -1.14. The number of aliphatic hydroxyl groups is 1. The van der Waals surface area contributed by atoms with Gasteiger partial charge in [-0.15, -0.1) is 0 Å². The van der Waals surface area contributed by atoms with Crippen LogP contribution in [0, 0.1) is 17.6 Å². The van der Waals surface area contributed by atoms with E-state index in [-0.39, 0.29) is 48.6 Å². The van der Waals surface area contributed by atoms with Crippen molar-refractivity contribution in [1.82, 2.24) is 10.3 Å². The molecule has 0 saturated carbocycles. The number of amides is 1. The summed E-state index contributed by atoms with van der Waals surface area (Å²) in [6, 6.07) is 3.04. The minimum absolute atomic E-state index is 0.00617. The molecule has 130 valence electrons. The minimum Gasteiger partial charge on any atom is -0.441 e. The molecule has 0 bridgehead atoms. The third kappa shape index (κ3) is 4.61. The highest BCUT2D eigenvalue weighted by atomic mass is 19.1. The Morgan fingerprint density at radius 3 is 2.79 bits per heavy atom. The number of nitrogens with one attached hydrogen (secondary N) is 1. The molecular weight excluding hydrogens is 318 g/mol. The molecule has 2 unspecified atom stereocenters. The van der Waals surface area contributed by atoms with E-state index in [2.05, 4.69) is 10.3 Å². The van der Waals surface area contributed by atoms with E-state index in [9.17, 15) is 13.6 Å². The molecule has 2 aromatic rings. The summed E-state index contributed by atoms with van der Waals surface area (Å²) in [7, 11) is 0. The number of oxazole rings is 1. The zero-order chi connectivity index (χ0) is 17.7. The lowest BCUT2D eigenvalue weighted by Gasteiger charge is -2.18. The fourth-order valence-electron chi connectivity index (χ4n) is 2.09. The average molecular weight is 338 g/mol. The van der Waals surface area contributed by atoms with Gasteiger partial charge in [0.1, 0.15) is 11.6 Å². The third-order valence-corrected chi connectivity index (χ3v) is 3.85. The predicted molar refractivity (Wildman–Crippen MR) is 84.0 cm³/mol. The first-order valence-corrected chi connectivity index (χ1v) is 7.71. The fraction of sp³-hybridized carbons (Fsp3) is 0.412. The molecule has 0 saturated heterocycles. The molecule has 1 amide bonds. The van der Waals surface area contributed by atoms with Crippen LogP contribution in [-0.2, 0) is 11.2 Å². The van der Waals surface area contributed by atoms with Crippen LogP contribution < -0.4 is 5.32 Å². The maximum absolute atomic E-state index is 13.7. The fourth-order valence-corrected chi connectivity index (χ4v) is 2.09. The van der Waals surface area contributed by atoms with Gasteiger partial charge in [-0.05, 0) is 25.0 Å². The maximum Gasteiger partial charge on any atom is 0.220 e. The van der Waals surface area contributed by atoms with Crippen molar-refractivity contribution in [3.05, 3.63) is 41.9 Å². The molecule has 0 aliphatic heterocycles. The number of rotatable bonds is 7. The van der Waals surface area contributed by atoms with Crippen LogP contribution in [0.3, 0.4) is 0 Å². The van der Waals surface area contributed by atoms with Crippen LogP contribution in [0.15, 0.2) is 28.8 Å². The standard InChI is InChI=1S/C17H20F2N2O3/c1-10(9-22)11(2)21-16(23)5-6-17-20-8-15(24-17)13-4-3-12(18)7-14(13)19/h3-4,7-8,10-11,22H,5-6,9H2,1-2H3,(H,21,23). The van der Waals surface area contributed by atoms with E-state index in [0.29, 0.717) is 5.89 Å². The van der Waals surface area contributed by atoms with Crippen LogP contribution in [0.5, 0.6) is 0 Å². The molecule has 24 heavy (non-hydrogen) atoms. The monoisotopic (exact) mass is 338 g/mol. The lowest BCUT2D eigenvalue weighted by molar-refractivity contribution is -0.122. The Balaban J connectivity index is 1.93. The Morgan fingerprint density at radius 1 is 1.38 bits per heavy atom. The molecule has 2 atom stereocenters. The van der Waals surface area contributed by atoms with Gasteiger partial charge in [0.05, 0.1) is 11.8 Å². The lowest BCUT2D eigenvalue weighted by Crippen LogP contribution is -2.38. The van der Waals surface area contributed by atoms with E-state index in [1.165, 1.54) is 12.3 Å². The van der Waals surface area contributed by atoms with Gasteiger partial charge in [0.25, 0.3) is 0 Å². The molecule has 2 N–H and O–H groups in total. The van der Waals surface area contributed by atoms with E-state index < -0.39 is 11.6 Å². The van der Waals surface area contributed by atoms with Gasteiger partial charge in [-0.25, -0.2) is 13.8 Å². The molecule has 0 spiro atoms. The number of aryl methyl sites for hydroxylation is 1. The van der Waals surface area contributed by atoms with Gasteiger partial charge in [0, 0.05) is 31.6 Å². The number of aliphatic hydroxyl groups excluding tert-OH is 1. The second-order valence-electron chi connectivity index (χ2n) is 5.76. The second-order valence-corrected chi connectivity index (χ2v) is 5.76. The van der Waals surface area contributed by atoms with E-state index in [0.717, 1.165) is 12.1 Å². The van der Waals surface area contributed by atoms with Crippen molar-refractivity contribution in [2.45, 2.75) is 32.7 Å². The normalized spacial score (nSPS) is 13.5. The van der Waals surface area contributed by atoms with Crippen LogP contribution >= 0.6 is 0 Å². The van der Waals surface area contributed by atoms with Crippen molar-refractivity contribution in [3.8, 4) is 11.3 Å². The highest BCUT2D eigenvalue weighted by molar-refractivity contribution is 5.76. The molecule has 7 heteroatoms.